The molecule has 0 aliphatic carbocycles. The SMILES string of the molecule is Cc1cc(C)n(-c2ccc(CC(=O)N3CCCCC3C(=O)O)cc2)n1. The third-order valence-electron chi connectivity index (χ3n) is 4.65. The largest absolute Gasteiger partial charge is 0.480 e. The van der Waals surface area contributed by atoms with E-state index in [9.17, 15) is 14.7 Å². The molecule has 1 amide bonds. The molecular weight excluding hydrogens is 318 g/mol. The summed E-state index contributed by atoms with van der Waals surface area (Å²) in [6, 6.07) is 9.02. The van der Waals surface area contributed by atoms with Crippen molar-refractivity contribution in [2.24, 2.45) is 0 Å². The topological polar surface area (TPSA) is 75.4 Å². The minimum Gasteiger partial charge on any atom is -0.480 e. The highest BCUT2D eigenvalue weighted by Gasteiger charge is 2.31. The number of rotatable bonds is 4. The maximum Gasteiger partial charge on any atom is 0.326 e. The van der Waals surface area contributed by atoms with Crippen molar-refractivity contribution in [3.05, 3.63) is 47.3 Å². The van der Waals surface area contributed by atoms with Gasteiger partial charge < -0.3 is 10.0 Å². The van der Waals surface area contributed by atoms with Crippen LogP contribution in [0.1, 0.15) is 36.2 Å². The third kappa shape index (κ3) is 3.73. The quantitative estimate of drug-likeness (QED) is 0.927. The molecule has 25 heavy (non-hydrogen) atoms. The number of carbonyl (C=O) groups excluding carboxylic acids is 1. The van der Waals surface area contributed by atoms with E-state index in [4.69, 9.17) is 0 Å². The summed E-state index contributed by atoms with van der Waals surface area (Å²) in [5.74, 6) is -1.03. The smallest absolute Gasteiger partial charge is 0.326 e. The Kier molecular flexibility index (Phi) is 4.88. The lowest BCUT2D eigenvalue weighted by Crippen LogP contribution is -2.48. The molecule has 0 bridgehead atoms. The molecule has 1 unspecified atom stereocenters. The van der Waals surface area contributed by atoms with E-state index in [0.717, 1.165) is 35.5 Å². The normalized spacial score (nSPS) is 17.5. The number of piperidine rings is 1. The van der Waals surface area contributed by atoms with Crippen LogP contribution >= 0.6 is 0 Å². The van der Waals surface area contributed by atoms with Gasteiger partial charge in [0.15, 0.2) is 0 Å². The predicted octanol–water partition coefficient (Wildman–Crippen LogP) is 2.50. The maximum absolute atomic E-state index is 12.5. The molecule has 1 atom stereocenters. The number of aromatic nitrogens is 2. The molecule has 2 aromatic rings. The molecule has 6 heteroatoms. The highest BCUT2D eigenvalue weighted by molar-refractivity contribution is 5.85. The van der Waals surface area contributed by atoms with Crippen LogP contribution in [0, 0.1) is 13.8 Å². The third-order valence-corrected chi connectivity index (χ3v) is 4.65. The fraction of sp³-hybridized carbons (Fsp3) is 0.421. The lowest BCUT2D eigenvalue weighted by molar-refractivity contribution is -0.151. The summed E-state index contributed by atoms with van der Waals surface area (Å²) in [5, 5.41) is 13.8. The van der Waals surface area contributed by atoms with Gasteiger partial charge in [-0.25, -0.2) is 9.48 Å². The number of aliphatic carboxylic acids is 1. The van der Waals surface area contributed by atoms with Crippen LogP contribution in [0.15, 0.2) is 30.3 Å². The summed E-state index contributed by atoms with van der Waals surface area (Å²) in [7, 11) is 0. The van der Waals surface area contributed by atoms with E-state index < -0.39 is 12.0 Å². The van der Waals surface area contributed by atoms with Gasteiger partial charge in [-0.1, -0.05) is 12.1 Å². The van der Waals surface area contributed by atoms with Gasteiger partial charge in [0.1, 0.15) is 6.04 Å². The summed E-state index contributed by atoms with van der Waals surface area (Å²) in [6.07, 6.45) is 2.49. The van der Waals surface area contributed by atoms with E-state index in [0.29, 0.717) is 13.0 Å². The van der Waals surface area contributed by atoms with Gasteiger partial charge in [-0.15, -0.1) is 0 Å². The highest BCUT2D eigenvalue weighted by atomic mass is 16.4. The number of carboxylic acids is 1. The fourth-order valence-electron chi connectivity index (χ4n) is 3.41. The van der Waals surface area contributed by atoms with Gasteiger partial charge in [0.25, 0.3) is 0 Å². The van der Waals surface area contributed by atoms with E-state index in [1.807, 2.05) is 48.9 Å². The minimum absolute atomic E-state index is 0.119. The first-order valence-corrected chi connectivity index (χ1v) is 8.60. The van der Waals surface area contributed by atoms with Crippen molar-refractivity contribution in [1.82, 2.24) is 14.7 Å². The standard InChI is InChI=1S/C19H23N3O3/c1-13-11-14(2)22(20-13)16-8-6-15(7-9-16)12-18(23)21-10-4-3-5-17(21)19(24)25/h6-9,11,17H,3-5,10,12H2,1-2H3,(H,24,25). The van der Waals surface area contributed by atoms with Gasteiger partial charge in [-0.3, -0.25) is 4.79 Å². The Bertz CT molecular complexity index is 780. The monoisotopic (exact) mass is 341 g/mol. The van der Waals surface area contributed by atoms with Crippen molar-refractivity contribution in [3.8, 4) is 5.69 Å². The molecule has 2 heterocycles. The Balaban J connectivity index is 1.71. The Morgan fingerprint density at radius 1 is 1.20 bits per heavy atom. The molecule has 1 fully saturated rings. The summed E-state index contributed by atoms with van der Waals surface area (Å²) in [5.41, 5.74) is 3.84. The second kappa shape index (κ2) is 7.09. The molecule has 1 aliphatic heterocycles. The summed E-state index contributed by atoms with van der Waals surface area (Å²) >= 11 is 0. The van der Waals surface area contributed by atoms with Gasteiger partial charge >= 0.3 is 5.97 Å². The first kappa shape index (κ1) is 17.2. The lowest BCUT2D eigenvalue weighted by Gasteiger charge is -2.33. The molecule has 0 spiro atoms. The van der Waals surface area contributed by atoms with Crippen LogP contribution in [0.25, 0.3) is 5.69 Å². The number of aryl methyl sites for hydroxylation is 2. The van der Waals surface area contributed by atoms with E-state index in [-0.39, 0.29) is 12.3 Å². The van der Waals surface area contributed by atoms with E-state index in [1.165, 1.54) is 4.90 Å². The Hall–Kier alpha value is -2.63. The molecule has 1 saturated heterocycles. The fourth-order valence-corrected chi connectivity index (χ4v) is 3.41. The number of nitrogens with zero attached hydrogens (tertiary/aromatic N) is 3. The Morgan fingerprint density at radius 3 is 2.52 bits per heavy atom. The van der Waals surface area contributed by atoms with Gasteiger partial charge in [0, 0.05) is 12.2 Å². The van der Waals surface area contributed by atoms with Crippen LogP contribution in [0.3, 0.4) is 0 Å². The van der Waals surface area contributed by atoms with Crippen molar-refractivity contribution in [3.63, 3.8) is 0 Å². The molecule has 1 aromatic heterocycles. The van der Waals surface area contributed by atoms with Crippen LogP contribution in [0.5, 0.6) is 0 Å². The molecule has 0 saturated carbocycles. The molecule has 1 aromatic carbocycles. The second-order valence-electron chi connectivity index (χ2n) is 6.62. The number of hydrogen-bond acceptors (Lipinski definition) is 3. The van der Waals surface area contributed by atoms with Crippen molar-refractivity contribution in [1.29, 1.82) is 0 Å². The molecule has 132 valence electrons. The van der Waals surface area contributed by atoms with Crippen LogP contribution in [0.4, 0.5) is 0 Å². The first-order valence-electron chi connectivity index (χ1n) is 8.60. The van der Waals surface area contributed by atoms with E-state index >= 15 is 0 Å². The number of hydrogen-bond donors (Lipinski definition) is 1. The molecule has 6 nitrogen and oxygen atoms in total. The number of amides is 1. The Labute approximate surface area is 147 Å². The van der Waals surface area contributed by atoms with Crippen LogP contribution in [-0.4, -0.2) is 44.3 Å². The average Bonchev–Trinajstić information content (AvgIpc) is 2.94. The summed E-state index contributed by atoms with van der Waals surface area (Å²) in [6.45, 7) is 4.48. The van der Waals surface area contributed by atoms with Crippen molar-refractivity contribution in [2.75, 3.05) is 6.54 Å². The lowest BCUT2D eigenvalue weighted by atomic mass is 10.0. The molecule has 1 aliphatic rings. The minimum atomic E-state index is -0.909. The number of likely N-dealkylation sites (tertiary alicyclic amines) is 1. The van der Waals surface area contributed by atoms with Gasteiger partial charge in [0.2, 0.25) is 5.91 Å². The number of carboxylic acid groups (broad SMARTS) is 1. The number of carbonyl (C=O) groups is 2. The van der Waals surface area contributed by atoms with E-state index in [2.05, 4.69) is 5.10 Å². The molecule has 0 radical (unpaired) electrons. The summed E-state index contributed by atoms with van der Waals surface area (Å²) < 4.78 is 1.87. The van der Waals surface area contributed by atoms with E-state index in [1.54, 1.807) is 0 Å². The molecule has 1 N–H and O–H groups in total. The zero-order chi connectivity index (χ0) is 18.0. The van der Waals surface area contributed by atoms with Crippen molar-refractivity contribution in [2.45, 2.75) is 45.6 Å². The second-order valence-corrected chi connectivity index (χ2v) is 6.62. The maximum atomic E-state index is 12.5. The first-order chi connectivity index (χ1) is 12.0. The average molecular weight is 341 g/mol. The highest BCUT2D eigenvalue weighted by Crippen LogP contribution is 2.19. The van der Waals surface area contributed by atoms with Crippen LogP contribution in [-0.2, 0) is 16.0 Å². The van der Waals surface area contributed by atoms with Crippen LogP contribution < -0.4 is 0 Å². The molecule has 3 rings (SSSR count). The van der Waals surface area contributed by atoms with Crippen molar-refractivity contribution >= 4 is 11.9 Å². The van der Waals surface area contributed by atoms with Gasteiger partial charge in [-0.05, 0) is 56.9 Å². The zero-order valence-corrected chi connectivity index (χ0v) is 14.6. The van der Waals surface area contributed by atoms with Gasteiger partial charge in [-0.2, -0.15) is 5.10 Å². The van der Waals surface area contributed by atoms with Crippen LogP contribution in [0.2, 0.25) is 0 Å². The number of benzene rings is 1. The van der Waals surface area contributed by atoms with Crippen molar-refractivity contribution < 1.29 is 14.7 Å². The predicted molar refractivity (Wildman–Crippen MR) is 93.7 cm³/mol. The van der Waals surface area contributed by atoms with Gasteiger partial charge in [0.05, 0.1) is 17.8 Å². The Morgan fingerprint density at radius 2 is 1.92 bits per heavy atom. The molecular formula is C19H23N3O3. The zero-order valence-electron chi connectivity index (χ0n) is 14.6. The summed E-state index contributed by atoms with van der Waals surface area (Å²) in [4.78, 5) is 25.4.